The highest BCUT2D eigenvalue weighted by atomic mass is 15.2. The zero-order chi connectivity index (χ0) is 19.2. The van der Waals surface area contributed by atoms with Crippen LogP contribution in [0.15, 0.2) is 36.5 Å². The van der Waals surface area contributed by atoms with Crippen LogP contribution in [-0.4, -0.2) is 28.5 Å². The minimum atomic E-state index is 0.564. The molecule has 2 aromatic heterocycles. The van der Waals surface area contributed by atoms with E-state index in [4.69, 9.17) is 4.98 Å². The normalized spacial score (nSPS) is 19.4. The lowest BCUT2D eigenvalue weighted by Gasteiger charge is -2.37. The average molecular weight is 387 g/mol. The zero-order valence-electron chi connectivity index (χ0n) is 17.2. The number of aryl methyl sites for hydroxylation is 2. The van der Waals surface area contributed by atoms with Gasteiger partial charge in [-0.15, -0.1) is 0 Å². The summed E-state index contributed by atoms with van der Waals surface area (Å²) in [6.45, 7) is 2.45. The second kappa shape index (κ2) is 7.08. The summed E-state index contributed by atoms with van der Waals surface area (Å²) in [4.78, 5) is 7.71. The summed E-state index contributed by atoms with van der Waals surface area (Å²) in [6, 6.07) is 11.8. The summed E-state index contributed by atoms with van der Waals surface area (Å²) in [5.41, 5.74) is 8.06. The fourth-order valence-electron chi connectivity index (χ4n) is 5.72. The second-order valence-electron chi connectivity index (χ2n) is 9.05. The molecule has 0 bridgehead atoms. The first-order valence-corrected chi connectivity index (χ1v) is 11.5. The van der Waals surface area contributed by atoms with E-state index in [2.05, 4.69) is 51.1 Å². The molecule has 3 aromatic rings. The van der Waals surface area contributed by atoms with E-state index in [0.29, 0.717) is 6.04 Å². The van der Waals surface area contributed by atoms with E-state index in [1.54, 1.807) is 0 Å². The van der Waals surface area contributed by atoms with Crippen LogP contribution in [0.1, 0.15) is 56.1 Å². The van der Waals surface area contributed by atoms with Crippen molar-refractivity contribution in [3.8, 4) is 11.3 Å². The predicted octanol–water partition coefficient (Wildman–Crippen LogP) is 5.44. The van der Waals surface area contributed by atoms with Gasteiger partial charge in [-0.05, 0) is 73.9 Å². The molecular formula is C25H30N4. The van der Waals surface area contributed by atoms with Gasteiger partial charge in [0, 0.05) is 36.6 Å². The molecule has 0 amide bonds. The highest BCUT2D eigenvalue weighted by molar-refractivity contribution is 5.80. The summed E-state index contributed by atoms with van der Waals surface area (Å²) in [6.07, 6.45) is 13.7. The molecule has 1 aromatic carbocycles. The largest absolute Gasteiger partial charge is 0.371 e. The predicted molar refractivity (Wildman–Crippen MR) is 120 cm³/mol. The third-order valence-electron chi connectivity index (χ3n) is 7.08. The van der Waals surface area contributed by atoms with Crippen LogP contribution in [0, 0.1) is 0 Å². The molecule has 1 N–H and O–H groups in total. The van der Waals surface area contributed by atoms with E-state index in [1.165, 1.54) is 99.1 Å². The molecule has 4 heterocycles. The van der Waals surface area contributed by atoms with E-state index >= 15 is 0 Å². The number of anilines is 2. The molecule has 0 spiro atoms. The Bertz CT molecular complexity index is 1010. The minimum absolute atomic E-state index is 0.564. The lowest BCUT2D eigenvalue weighted by molar-refractivity contribution is 0.462. The van der Waals surface area contributed by atoms with Gasteiger partial charge in [-0.1, -0.05) is 25.3 Å². The summed E-state index contributed by atoms with van der Waals surface area (Å²) >= 11 is 0. The van der Waals surface area contributed by atoms with Crippen molar-refractivity contribution in [1.82, 2.24) is 9.38 Å². The summed E-state index contributed by atoms with van der Waals surface area (Å²) in [5.74, 6) is 1.18. The highest BCUT2D eigenvalue weighted by Gasteiger charge is 2.26. The van der Waals surface area contributed by atoms with Gasteiger partial charge in [-0.25, -0.2) is 4.98 Å². The van der Waals surface area contributed by atoms with Crippen LogP contribution in [0.4, 0.5) is 11.5 Å². The van der Waals surface area contributed by atoms with Crippen LogP contribution in [0.5, 0.6) is 0 Å². The number of nitrogens with zero attached hydrogens (tertiary/aromatic N) is 3. The number of pyridine rings is 1. The van der Waals surface area contributed by atoms with E-state index in [-0.39, 0.29) is 0 Å². The van der Waals surface area contributed by atoms with Gasteiger partial charge in [0.15, 0.2) is 0 Å². The van der Waals surface area contributed by atoms with Crippen molar-refractivity contribution in [3.05, 3.63) is 47.7 Å². The van der Waals surface area contributed by atoms with Gasteiger partial charge in [0.25, 0.3) is 0 Å². The SMILES string of the molecule is c1ccn2c(NC3CCCCC3)c(-c3cc4c5c(c3)CCCN5CCC4)nc2c1. The van der Waals surface area contributed by atoms with Gasteiger partial charge in [-0.2, -0.15) is 0 Å². The standard InChI is InChI=1S/C25H30N4/c1-2-10-21(11-3-1)26-25-23(27-22-12-4-5-15-29(22)25)20-16-18-8-6-13-28-14-7-9-19(17-20)24(18)28/h4-5,12,15-17,21,26H,1-3,6-11,13-14H2. The summed E-state index contributed by atoms with van der Waals surface area (Å²) in [5, 5.41) is 3.90. The Morgan fingerprint density at radius 3 is 2.41 bits per heavy atom. The lowest BCUT2D eigenvalue weighted by Crippen LogP contribution is -2.34. The van der Waals surface area contributed by atoms with Gasteiger partial charge < -0.3 is 10.2 Å². The highest BCUT2D eigenvalue weighted by Crippen LogP contribution is 2.40. The van der Waals surface area contributed by atoms with E-state index in [9.17, 15) is 0 Å². The Labute approximate surface area is 172 Å². The molecule has 2 aliphatic heterocycles. The maximum absolute atomic E-state index is 5.10. The molecule has 0 radical (unpaired) electrons. The molecule has 1 saturated carbocycles. The molecule has 150 valence electrons. The molecule has 4 nitrogen and oxygen atoms in total. The molecular weight excluding hydrogens is 356 g/mol. The first-order chi connectivity index (χ1) is 14.4. The smallest absolute Gasteiger partial charge is 0.139 e. The third kappa shape index (κ3) is 3.00. The maximum atomic E-state index is 5.10. The fourth-order valence-corrected chi connectivity index (χ4v) is 5.72. The zero-order valence-corrected chi connectivity index (χ0v) is 17.2. The van der Waals surface area contributed by atoms with E-state index < -0.39 is 0 Å². The molecule has 29 heavy (non-hydrogen) atoms. The van der Waals surface area contributed by atoms with Crippen molar-refractivity contribution in [3.63, 3.8) is 0 Å². The monoisotopic (exact) mass is 386 g/mol. The molecule has 0 atom stereocenters. The Morgan fingerprint density at radius 2 is 1.66 bits per heavy atom. The Kier molecular flexibility index (Phi) is 4.24. The molecule has 4 heteroatoms. The summed E-state index contributed by atoms with van der Waals surface area (Å²) in [7, 11) is 0. The Morgan fingerprint density at radius 1 is 0.897 bits per heavy atom. The van der Waals surface area contributed by atoms with Gasteiger partial charge in [0.1, 0.15) is 17.2 Å². The van der Waals surface area contributed by atoms with Crippen molar-refractivity contribution in [1.29, 1.82) is 0 Å². The lowest BCUT2D eigenvalue weighted by atomic mass is 9.89. The number of aromatic nitrogens is 2. The van der Waals surface area contributed by atoms with E-state index in [1.807, 2.05) is 0 Å². The average Bonchev–Trinajstić information content (AvgIpc) is 3.13. The number of benzene rings is 1. The molecule has 1 fully saturated rings. The third-order valence-corrected chi connectivity index (χ3v) is 7.08. The van der Waals surface area contributed by atoms with Crippen molar-refractivity contribution in [2.45, 2.75) is 63.8 Å². The number of hydrogen-bond donors (Lipinski definition) is 1. The number of nitrogens with one attached hydrogen (secondary N) is 1. The first-order valence-electron chi connectivity index (χ1n) is 11.5. The van der Waals surface area contributed by atoms with Gasteiger partial charge >= 0.3 is 0 Å². The molecule has 1 aliphatic carbocycles. The van der Waals surface area contributed by atoms with Crippen LogP contribution < -0.4 is 10.2 Å². The van der Waals surface area contributed by atoms with Crippen LogP contribution in [0.3, 0.4) is 0 Å². The number of rotatable bonds is 3. The van der Waals surface area contributed by atoms with Crippen LogP contribution >= 0.6 is 0 Å². The van der Waals surface area contributed by atoms with Crippen molar-refractivity contribution in [2.75, 3.05) is 23.3 Å². The van der Waals surface area contributed by atoms with Gasteiger partial charge in [0.05, 0.1) is 0 Å². The van der Waals surface area contributed by atoms with Crippen molar-refractivity contribution in [2.24, 2.45) is 0 Å². The Balaban J connectivity index is 1.48. The van der Waals surface area contributed by atoms with Gasteiger partial charge in [0.2, 0.25) is 0 Å². The number of imidazole rings is 1. The number of hydrogen-bond acceptors (Lipinski definition) is 3. The van der Waals surface area contributed by atoms with Crippen LogP contribution in [-0.2, 0) is 12.8 Å². The molecule has 0 unspecified atom stereocenters. The first kappa shape index (κ1) is 17.4. The number of fused-ring (bicyclic) bond motifs is 1. The Hall–Kier alpha value is -2.49. The second-order valence-corrected chi connectivity index (χ2v) is 9.05. The maximum Gasteiger partial charge on any atom is 0.139 e. The quantitative estimate of drug-likeness (QED) is 0.650. The molecule has 6 rings (SSSR count). The summed E-state index contributed by atoms with van der Waals surface area (Å²) < 4.78 is 2.25. The molecule has 0 saturated heterocycles. The van der Waals surface area contributed by atoms with Gasteiger partial charge in [-0.3, -0.25) is 4.40 Å². The molecule has 3 aliphatic rings. The topological polar surface area (TPSA) is 32.6 Å². The van der Waals surface area contributed by atoms with E-state index in [0.717, 1.165) is 11.3 Å². The minimum Gasteiger partial charge on any atom is -0.371 e. The van der Waals surface area contributed by atoms with Crippen molar-refractivity contribution >= 4 is 17.2 Å². The van der Waals surface area contributed by atoms with Crippen molar-refractivity contribution < 1.29 is 0 Å². The van der Waals surface area contributed by atoms with Crippen LogP contribution in [0.25, 0.3) is 16.9 Å². The van der Waals surface area contributed by atoms with Crippen LogP contribution in [0.2, 0.25) is 0 Å². The fraction of sp³-hybridized carbons (Fsp3) is 0.480.